The molecule has 1 N–H and O–H groups in total. The van der Waals surface area contributed by atoms with E-state index in [1.165, 1.54) is 7.11 Å². The van der Waals surface area contributed by atoms with Crippen molar-refractivity contribution in [2.24, 2.45) is 0 Å². The lowest BCUT2D eigenvalue weighted by Crippen LogP contribution is -2.01. The number of hydrogen-bond donors (Lipinski definition) is 1. The molecule has 0 saturated heterocycles. The number of H-pyrrole nitrogens is 1. The first-order valence-corrected chi connectivity index (χ1v) is 5.40. The summed E-state index contributed by atoms with van der Waals surface area (Å²) >= 11 is 0. The lowest BCUT2D eigenvalue weighted by atomic mass is 10.1. The predicted octanol–water partition coefficient (Wildman–Crippen LogP) is 2.61. The molecule has 0 bridgehead atoms. The topological polar surface area (TPSA) is 68.1 Å². The van der Waals surface area contributed by atoms with Crippen molar-refractivity contribution < 1.29 is 13.9 Å². The minimum Gasteiger partial charge on any atom is -0.464 e. The molecule has 2 heterocycles. The number of aromatic nitrogens is 2. The Labute approximate surface area is 102 Å². The molecule has 5 nitrogen and oxygen atoms in total. The van der Waals surface area contributed by atoms with Crippen LogP contribution in [0.15, 0.2) is 41.0 Å². The number of nitrogens with zero attached hydrogens (tertiary/aromatic N) is 1. The van der Waals surface area contributed by atoms with E-state index in [0.29, 0.717) is 17.0 Å². The lowest BCUT2D eigenvalue weighted by molar-refractivity contribution is 0.0596. The minimum atomic E-state index is -0.436. The standard InChI is InChI=1S/C13H10N2O3/c1-17-13(16)12-9-5-2-4-8(11(9)14-15-12)10-6-3-7-18-10/h2-7H,1H3,(H,14,15). The molecular formula is C13H10N2O3. The van der Waals surface area contributed by atoms with E-state index in [4.69, 9.17) is 9.15 Å². The number of aromatic amines is 1. The second-order valence-corrected chi connectivity index (χ2v) is 3.77. The van der Waals surface area contributed by atoms with Crippen LogP contribution in [0.3, 0.4) is 0 Å². The average molecular weight is 242 g/mol. The summed E-state index contributed by atoms with van der Waals surface area (Å²) < 4.78 is 10.1. The van der Waals surface area contributed by atoms with Gasteiger partial charge in [0.1, 0.15) is 11.3 Å². The van der Waals surface area contributed by atoms with Crippen molar-refractivity contribution in [3.8, 4) is 11.3 Å². The number of methoxy groups -OCH3 is 1. The molecule has 0 saturated carbocycles. The molecule has 0 spiro atoms. The molecule has 2 aromatic heterocycles. The number of nitrogens with one attached hydrogen (secondary N) is 1. The lowest BCUT2D eigenvalue weighted by Gasteiger charge is -1.98. The van der Waals surface area contributed by atoms with Crippen molar-refractivity contribution in [1.29, 1.82) is 0 Å². The SMILES string of the molecule is COC(=O)c1[nH]nc2c(-c3ccco3)cccc12. The maximum absolute atomic E-state index is 11.6. The van der Waals surface area contributed by atoms with Crippen LogP contribution in [0.2, 0.25) is 0 Å². The first-order chi connectivity index (χ1) is 8.81. The van der Waals surface area contributed by atoms with Gasteiger partial charge >= 0.3 is 5.97 Å². The third kappa shape index (κ3) is 1.48. The third-order valence-electron chi connectivity index (χ3n) is 2.76. The average Bonchev–Trinajstić information content (AvgIpc) is 3.06. The van der Waals surface area contributed by atoms with Gasteiger partial charge in [-0.15, -0.1) is 0 Å². The monoisotopic (exact) mass is 242 g/mol. The van der Waals surface area contributed by atoms with E-state index in [-0.39, 0.29) is 0 Å². The normalized spacial score (nSPS) is 10.7. The second kappa shape index (κ2) is 4.03. The molecule has 0 aliphatic carbocycles. The number of benzene rings is 1. The molecule has 5 heteroatoms. The number of ether oxygens (including phenoxy) is 1. The summed E-state index contributed by atoms with van der Waals surface area (Å²) in [5.74, 6) is 0.276. The van der Waals surface area contributed by atoms with Crippen LogP contribution in [0.25, 0.3) is 22.2 Å². The van der Waals surface area contributed by atoms with Crippen molar-refractivity contribution in [3.05, 3.63) is 42.3 Å². The van der Waals surface area contributed by atoms with Crippen molar-refractivity contribution >= 4 is 16.9 Å². The Morgan fingerprint density at radius 2 is 2.22 bits per heavy atom. The maximum Gasteiger partial charge on any atom is 0.356 e. The number of furan rings is 1. The highest BCUT2D eigenvalue weighted by Crippen LogP contribution is 2.29. The molecule has 0 aliphatic heterocycles. The fourth-order valence-electron chi connectivity index (χ4n) is 1.93. The second-order valence-electron chi connectivity index (χ2n) is 3.77. The predicted molar refractivity (Wildman–Crippen MR) is 65.1 cm³/mol. The van der Waals surface area contributed by atoms with Gasteiger partial charge in [-0.1, -0.05) is 12.1 Å². The van der Waals surface area contributed by atoms with Crippen LogP contribution in [-0.4, -0.2) is 23.3 Å². The Morgan fingerprint density at radius 3 is 2.94 bits per heavy atom. The van der Waals surface area contributed by atoms with Gasteiger partial charge in [0.2, 0.25) is 0 Å². The Kier molecular flexibility index (Phi) is 2.37. The van der Waals surface area contributed by atoms with E-state index < -0.39 is 5.97 Å². The van der Waals surface area contributed by atoms with Crippen molar-refractivity contribution in [2.75, 3.05) is 7.11 Å². The van der Waals surface area contributed by atoms with Gasteiger partial charge in [0.15, 0.2) is 5.69 Å². The van der Waals surface area contributed by atoms with Crippen LogP contribution in [0.4, 0.5) is 0 Å². The number of esters is 1. The summed E-state index contributed by atoms with van der Waals surface area (Å²) in [5.41, 5.74) is 1.87. The first kappa shape index (κ1) is 10.6. The maximum atomic E-state index is 11.6. The van der Waals surface area contributed by atoms with Gasteiger partial charge < -0.3 is 9.15 Å². The van der Waals surface area contributed by atoms with Crippen LogP contribution >= 0.6 is 0 Å². The first-order valence-electron chi connectivity index (χ1n) is 5.40. The molecule has 0 aliphatic rings. The van der Waals surface area contributed by atoms with Crippen molar-refractivity contribution in [1.82, 2.24) is 10.2 Å². The van der Waals surface area contributed by atoms with E-state index in [0.717, 1.165) is 10.9 Å². The largest absolute Gasteiger partial charge is 0.464 e. The van der Waals surface area contributed by atoms with E-state index in [1.807, 2.05) is 30.3 Å². The van der Waals surface area contributed by atoms with Crippen molar-refractivity contribution in [2.45, 2.75) is 0 Å². The number of carbonyl (C=O) groups is 1. The Bertz CT molecular complexity index is 698. The fourth-order valence-corrected chi connectivity index (χ4v) is 1.93. The van der Waals surface area contributed by atoms with Gasteiger partial charge in [-0.05, 0) is 18.2 Å². The van der Waals surface area contributed by atoms with E-state index in [9.17, 15) is 4.79 Å². The molecule has 3 aromatic rings. The van der Waals surface area contributed by atoms with E-state index >= 15 is 0 Å². The van der Waals surface area contributed by atoms with Gasteiger partial charge in [-0.2, -0.15) is 5.10 Å². The highest BCUT2D eigenvalue weighted by atomic mass is 16.5. The third-order valence-corrected chi connectivity index (χ3v) is 2.76. The number of rotatable bonds is 2. The van der Waals surface area contributed by atoms with E-state index in [2.05, 4.69) is 10.2 Å². The number of para-hydroxylation sites is 1. The van der Waals surface area contributed by atoms with Crippen LogP contribution in [-0.2, 0) is 4.74 Å². The zero-order chi connectivity index (χ0) is 12.5. The van der Waals surface area contributed by atoms with Crippen LogP contribution in [0.5, 0.6) is 0 Å². The van der Waals surface area contributed by atoms with Crippen molar-refractivity contribution in [3.63, 3.8) is 0 Å². The Balaban J connectivity index is 2.25. The summed E-state index contributed by atoms with van der Waals surface area (Å²) in [4.78, 5) is 11.6. The van der Waals surface area contributed by atoms with Gasteiger partial charge in [-0.3, -0.25) is 5.10 Å². The van der Waals surface area contributed by atoms with Crippen LogP contribution in [0.1, 0.15) is 10.5 Å². The molecule has 0 radical (unpaired) electrons. The van der Waals surface area contributed by atoms with Gasteiger partial charge in [-0.25, -0.2) is 4.79 Å². The molecule has 0 fully saturated rings. The quantitative estimate of drug-likeness (QED) is 0.701. The fraction of sp³-hybridized carbons (Fsp3) is 0.0769. The molecule has 18 heavy (non-hydrogen) atoms. The summed E-state index contributed by atoms with van der Waals surface area (Å²) in [7, 11) is 1.34. The number of carbonyl (C=O) groups excluding carboxylic acids is 1. The molecule has 1 aromatic carbocycles. The summed E-state index contributed by atoms with van der Waals surface area (Å²) in [5, 5.41) is 7.58. The number of fused-ring (bicyclic) bond motifs is 1. The van der Waals surface area contributed by atoms with E-state index in [1.54, 1.807) is 6.26 Å². The molecule has 0 atom stereocenters. The molecular weight excluding hydrogens is 232 g/mol. The molecule has 0 amide bonds. The number of hydrogen-bond acceptors (Lipinski definition) is 4. The zero-order valence-electron chi connectivity index (χ0n) is 9.64. The van der Waals surface area contributed by atoms with Crippen LogP contribution in [0, 0.1) is 0 Å². The zero-order valence-corrected chi connectivity index (χ0v) is 9.64. The van der Waals surface area contributed by atoms with Crippen LogP contribution < -0.4 is 0 Å². The molecule has 3 rings (SSSR count). The summed E-state index contributed by atoms with van der Waals surface area (Å²) in [6, 6.07) is 9.21. The molecule has 90 valence electrons. The summed E-state index contributed by atoms with van der Waals surface area (Å²) in [6.45, 7) is 0. The van der Waals surface area contributed by atoms with Gasteiger partial charge in [0.05, 0.1) is 13.4 Å². The highest BCUT2D eigenvalue weighted by Gasteiger charge is 2.16. The Morgan fingerprint density at radius 1 is 1.33 bits per heavy atom. The van der Waals surface area contributed by atoms with Gasteiger partial charge in [0, 0.05) is 10.9 Å². The van der Waals surface area contributed by atoms with Gasteiger partial charge in [0.25, 0.3) is 0 Å². The molecule has 0 unspecified atom stereocenters. The summed E-state index contributed by atoms with van der Waals surface area (Å²) in [6.07, 6.45) is 1.60. The highest BCUT2D eigenvalue weighted by molar-refractivity contribution is 6.05. The minimum absolute atomic E-state index is 0.348. The smallest absolute Gasteiger partial charge is 0.356 e. The Hall–Kier alpha value is -2.56.